The van der Waals surface area contributed by atoms with Gasteiger partial charge in [0.1, 0.15) is 12.0 Å². The summed E-state index contributed by atoms with van der Waals surface area (Å²) < 4.78 is 10.1. The largest absolute Gasteiger partial charge is 0.547 e. The first-order valence-corrected chi connectivity index (χ1v) is 7.34. The van der Waals surface area contributed by atoms with E-state index in [0.29, 0.717) is 11.3 Å². The molecular formula is C16H17BN2O6. The topological polar surface area (TPSA) is 117 Å². The average molecular weight is 344 g/mol. The number of hydrogen-bond acceptors (Lipinski definition) is 6. The van der Waals surface area contributed by atoms with Crippen molar-refractivity contribution in [2.75, 3.05) is 7.11 Å². The van der Waals surface area contributed by atoms with Crippen molar-refractivity contribution < 1.29 is 29.1 Å². The molecule has 0 unspecified atom stereocenters. The Balaban J connectivity index is 2.10. The second-order valence-electron chi connectivity index (χ2n) is 5.20. The number of nitrogens with one attached hydrogen (secondary N) is 1. The molecule has 9 heteroatoms. The minimum absolute atomic E-state index is 0.0346. The highest BCUT2D eigenvalue weighted by molar-refractivity contribution is 6.47. The van der Waals surface area contributed by atoms with Crippen molar-refractivity contribution in [3.8, 4) is 5.75 Å². The number of methoxy groups -OCH3 is 1. The predicted molar refractivity (Wildman–Crippen MR) is 91.4 cm³/mol. The molecule has 1 aliphatic rings. The summed E-state index contributed by atoms with van der Waals surface area (Å²) in [5.41, 5.74) is 0.911. The quantitative estimate of drug-likeness (QED) is 0.228. The Morgan fingerprint density at radius 2 is 2.24 bits per heavy atom. The number of nitrogens with zero attached hydrogens (tertiary/aromatic N) is 1. The summed E-state index contributed by atoms with van der Waals surface area (Å²) >= 11 is 0. The van der Waals surface area contributed by atoms with E-state index in [1.54, 1.807) is 12.1 Å². The SMILES string of the molecule is C=NC(=C\OC)/C=C/C(=O)N[C@H]1Cc2cccc(C(=O)O)c2OB1O. The highest BCUT2D eigenvalue weighted by Crippen LogP contribution is 2.30. The third-order valence-electron chi connectivity index (χ3n) is 3.50. The molecule has 1 aliphatic heterocycles. The molecule has 1 atom stereocenters. The van der Waals surface area contributed by atoms with Gasteiger partial charge >= 0.3 is 13.1 Å². The molecule has 0 spiro atoms. The molecule has 0 fully saturated rings. The summed E-state index contributed by atoms with van der Waals surface area (Å²) in [5, 5.41) is 21.8. The number of carboxylic acids is 1. The number of hydrogen-bond donors (Lipinski definition) is 3. The van der Waals surface area contributed by atoms with E-state index in [0.717, 1.165) is 0 Å². The molecule has 130 valence electrons. The molecule has 1 aromatic carbocycles. The van der Waals surface area contributed by atoms with Crippen molar-refractivity contribution in [1.29, 1.82) is 0 Å². The van der Waals surface area contributed by atoms with Gasteiger partial charge in [-0.15, -0.1) is 0 Å². The Labute approximate surface area is 144 Å². The molecule has 1 amide bonds. The van der Waals surface area contributed by atoms with Crippen LogP contribution in [0.2, 0.25) is 0 Å². The summed E-state index contributed by atoms with van der Waals surface area (Å²) in [6.07, 6.45) is 4.17. The Morgan fingerprint density at radius 1 is 1.48 bits per heavy atom. The molecule has 1 heterocycles. The predicted octanol–water partition coefficient (Wildman–Crippen LogP) is 0.569. The van der Waals surface area contributed by atoms with E-state index in [1.807, 2.05) is 0 Å². The molecule has 0 aliphatic carbocycles. The van der Waals surface area contributed by atoms with E-state index in [1.165, 1.54) is 31.6 Å². The summed E-state index contributed by atoms with van der Waals surface area (Å²) in [7, 11) is 0.0781. The second-order valence-corrected chi connectivity index (χ2v) is 5.20. The van der Waals surface area contributed by atoms with E-state index in [4.69, 9.17) is 14.5 Å². The van der Waals surface area contributed by atoms with E-state index >= 15 is 0 Å². The molecule has 0 saturated heterocycles. The number of carbonyl (C=O) groups is 2. The number of ether oxygens (including phenoxy) is 1. The van der Waals surface area contributed by atoms with Crippen molar-refractivity contribution in [2.45, 2.75) is 12.4 Å². The minimum atomic E-state index is -1.36. The maximum Gasteiger partial charge on any atom is 0.547 e. The molecule has 0 bridgehead atoms. The van der Waals surface area contributed by atoms with Crippen LogP contribution in [0.4, 0.5) is 0 Å². The number of carboxylic acid groups (broad SMARTS) is 1. The van der Waals surface area contributed by atoms with Gasteiger partial charge in [-0.25, -0.2) is 4.79 Å². The first-order chi connectivity index (χ1) is 12.0. The van der Waals surface area contributed by atoms with Gasteiger partial charge < -0.3 is 24.8 Å². The number of para-hydroxylation sites is 1. The van der Waals surface area contributed by atoms with E-state index in [9.17, 15) is 14.6 Å². The number of carbonyl (C=O) groups excluding carboxylic acids is 1. The van der Waals surface area contributed by atoms with Gasteiger partial charge in [0.2, 0.25) is 5.91 Å². The Bertz CT molecular complexity index is 746. The Morgan fingerprint density at radius 3 is 2.88 bits per heavy atom. The zero-order chi connectivity index (χ0) is 18.4. The number of allylic oxidation sites excluding steroid dienone is 1. The van der Waals surface area contributed by atoms with E-state index in [-0.39, 0.29) is 17.7 Å². The second kappa shape index (κ2) is 8.16. The highest BCUT2D eigenvalue weighted by Gasteiger charge is 2.37. The maximum absolute atomic E-state index is 12.0. The number of aliphatic imine (C=N–C) groups is 1. The summed E-state index contributed by atoms with van der Waals surface area (Å²) in [5.74, 6) is -2.23. The molecule has 0 radical (unpaired) electrons. The smallest absolute Gasteiger partial charge is 0.534 e. The van der Waals surface area contributed by atoms with Crippen LogP contribution in [0.25, 0.3) is 0 Å². The summed E-state index contributed by atoms with van der Waals surface area (Å²) in [6, 6.07) is 4.66. The zero-order valence-electron chi connectivity index (χ0n) is 13.5. The van der Waals surface area contributed by atoms with Crippen molar-refractivity contribution in [3.05, 3.63) is 53.4 Å². The fraction of sp³-hybridized carbons (Fsp3) is 0.188. The van der Waals surface area contributed by atoms with Crippen LogP contribution in [-0.2, 0) is 16.0 Å². The number of aromatic carboxylic acids is 1. The third-order valence-corrected chi connectivity index (χ3v) is 3.50. The van der Waals surface area contributed by atoms with Gasteiger partial charge in [-0.05, 0) is 30.8 Å². The molecule has 0 saturated carbocycles. The standard InChI is InChI=1S/C16H17BN2O6/c1-18-11(9-24-2)6-7-14(20)19-13-8-10-4-3-5-12(16(21)22)15(10)25-17(13)23/h3-7,9,13,23H,1,8H2,2H3,(H,19,20)(H,21,22)/b7-6+,11-9-/t13-/m0/s1. The van der Waals surface area contributed by atoms with Gasteiger partial charge in [-0.3, -0.25) is 9.79 Å². The number of amides is 1. The van der Waals surface area contributed by atoms with Gasteiger partial charge in [0.15, 0.2) is 0 Å². The van der Waals surface area contributed by atoms with Crippen LogP contribution >= 0.6 is 0 Å². The fourth-order valence-corrected chi connectivity index (χ4v) is 2.36. The number of benzene rings is 1. The molecule has 1 aromatic rings. The lowest BCUT2D eigenvalue weighted by atomic mass is 9.72. The van der Waals surface area contributed by atoms with Gasteiger partial charge in [0.05, 0.1) is 24.3 Å². The Hall–Kier alpha value is -3.07. The van der Waals surface area contributed by atoms with Crippen molar-refractivity contribution >= 4 is 25.7 Å². The molecule has 25 heavy (non-hydrogen) atoms. The van der Waals surface area contributed by atoms with Crippen LogP contribution in [-0.4, -0.2) is 48.9 Å². The Kier molecular flexibility index (Phi) is 5.96. The normalized spacial score (nSPS) is 16.8. The van der Waals surface area contributed by atoms with E-state index in [2.05, 4.69) is 17.0 Å². The monoisotopic (exact) mass is 344 g/mol. The molecule has 0 aromatic heterocycles. The van der Waals surface area contributed by atoms with Gasteiger partial charge in [0, 0.05) is 6.08 Å². The lowest BCUT2D eigenvalue weighted by molar-refractivity contribution is -0.116. The van der Waals surface area contributed by atoms with Crippen molar-refractivity contribution in [2.24, 2.45) is 4.99 Å². The zero-order valence-corrected chi connectivity index (χ0v) is 13.5. The molecular weight excluding hydrogens is 327 g/mol. The van der Waals surface area contributed by atoms with Crippen LogP contribution in [0.3, 0.4) is 0 Å². The van der Waals surface area contributed by atoms with Gasteiger partial charge in [-0.1, -0.05) is 12.1 Å². The molecule has 2 rings (SSSR count). The van der Waals surface area contributed by atoms with Crippen molar-refractivity contribution in [3.63, 3.8) is 0 Å². The third kappa shape index (κ3) is 4.48. The first-order valence-electron chi connectivity index (χ1n) is 7.34. The lowest BCUT2D eigenvalue weighted by Gasteiger charge is -2.28. The highest BCUT2D eigenvalue weighted by atomic mass is 16.5. The fourth-order valence-electron chi connectivity index (χ4n) is 2.36. The van der Waals surface area contributed by atoms with Crippen LogP contribution < -0.4 is 9.97 Å². The number of fused-ring (bicyclic) bond motifs is 1. The number of rotatable bonds is 6. The first kappa shape index (κ1) is 18.3. The maximum atomic E-state index is 12.0. The van der Waals surface area contributed by atoms with Crippen LogP contribution in [0.15, 0.2) is 47.3 Å². The summed E-state index contributed by atoms with van der Waals surface area (Å²) in [6.45, 7) is 3.34. The molecule has 8 nitrogen and oxygen atoms in total. The van der Waals surface area contributed by atoms with Gasteiger partial charge in [0.25, 0.3) is 0 Å². The van der Waals surface area contributed by atoms with Crippen molar-refractivity contribution in [1.82, 2.24) is 5.32 Å². The van der Waals surface area contributed by atoms with Crippen LogP contribution in [0.1, 0.15) is 15.9 Å². The van der Waals surface area contributed by atoms with Crippen LogP contribution in [0, 0.1) is 0 Å². The lowest BCUT2D eigenvalue weighted by Crippen LogP contribution is -2.52. The van der Waals surface area contributed by atoms with Crippen LogP contribution in [0.5, 0.6) is 5.75 Å². The average Bonchev–Trinajstić information content (AvgIpc) is 2.58. The van der Waals surface area contributed by atoms with Gasteiger partial charge in [-0.2, -0.15) is 0 Å². The molecule has 3 N–H and O–H groups in total. The van der Waals surface area contributed by atoms with E-state index < -0.39 is 24.9 Å². The summed E-state index contributed by atoms with van der Waals surface area (Å²) in [4.78, 5) is 26.8. The minimum Gasteiger partial charge on any atom is -0.534 e.